The fourth-order valence-corrected chi connectivity index (χ4v) is 4.63. The number of anilines is 2. The first-order valence-electron chi connectivity index (χ1n) is 10.4. The second-order valence-electron chi connectivity index (χ2n) is 7.54. The van der Waals surface area contributed by atoms with Crippen molar-refractivity contribution < 1.29 is 22.7 Å². The summed E-state index contributed by atoms with van der Waals surface area (Å²) in [5.41, 5.74) is 1.14. The first kappa shape index (κ1) is 23.1. The standard InChI is InChI=1S/C24H23ClN2O5S/c25-18-10-13-23(32-16-20-5-4-14-31-20)22(15-18)26-24(28)17-8-11-19(12-9-17)27-33(29,30)21-6-2-1-3-7-21/h1-3,6-13,15,20,27H,4-5,14,16H2,(H,26,28). The molecule has 3 aromatic carbocycles. The van der Waals surface area contributed by atoms with E-state index in [1.807, 2.05) is 0 Å². The number of amides is 1. The number of sulfonamides is 1. The van der Waals surface area contributed by atoms with E-state index >= 15 is 0 Å². The molecule has 1 unspecified atom stereocenters. The van der Waals surface area contributed by atoms with Gasteiger partial charge in [-0.25, -0.2) is 8.42 Å². The number of nitrogens with one attached hydrogen (secondary N) is 2. The van der Waals surface area contributed by atoms with E-state index in [0.717, 1.165) is 19.4 Å². The van der Waals surface area contributed by atoms with Crippen LogP contribution in [0.3, 0.4) is 0 Å². The number of hydrogen-bond acceptors (Lipinski definition) is 5. The van der Waals surface area contributed by atoms with Gasteiger partial charge in [0.05, 0.1) is 16.7 Å². The van der Waals surface area contributed by atoms with Crippen LogP contribution < -0.4 is 14.8 Å². The minimum atomic E-state index is -3.71. The molecule has 172 valence electrons. The van der Waals surface area contributed by atoms with Gasteiger partial charge in [0.15, 0.2) is 0 Å². The molecule has 0 aromatic heterocycles. The van der Waals surface area contributed by atoms with Gasteiger partial charge in [-0.1, -0.05) is 29.8 Å². The van der Waals surface area contributed by atoms with Gasteiger partial charge in [0.25, 0.3) is 15.9 Å². The van der Waals surface area contributed by atoms with E-state index in [9.17, 15) is 13.2 Å². The topological polar surface area (TPSA) is 93.7 Å². The van der Waals surface area contributed by atoms with Crippen LogP contribution in [0.2, 0.25) is 5.02 Å². The molecule has 1 amide bonds. The fraction of sp³-hybridized carbons (Fsp3) is 0.208. The Labute approximate surface area is 197 Å². The van der Waals surface area contributed by atoms with Crippen molar-refractivity contribution in [3.8, 4) is 5.75 Å². The van der Waals surface area contributed by atoms with Gasteiger partial charge in [-0.05, 0) is 67.4 Å². The van der Waals surface area contributed by atoms with Crippen molar-refractivity contribution in [3.63, 3.8) is 0 Å². The first-order chi connectivity index (χ1) is 15.9. The molecule has 7 nitrogen and oxygen atoms in total. The number of ether oxygens (including phenoxy) is 2. The average molecular weight is 487 g/mol. The molecule has 1 atom stereocenters. The maximum atomic E-state index is 12.8. The Balaban J connectivity index is 1.43. The van der Waals surface area contributed by atoms with E-state index < -0.39 is 10.0 Å². The summed E-state index contributed by atoms with van der Waals surface area (Å²) in [6, 6.07) is 19.2. The lowest BCUT2D eigenvalue weighted by Crippen LogP contribution is -2.18. The molecule has 4 rings (SSSR count). The minimum absolute atomic E-state index is 0.0384. The number of carbonyl (C=O) groups is 1. The molecule has 2 N–H and O–H groups in total. The number of hydrogen-bond donors (Lipinski definition) is 2. The lowest BCUT2D eigenvalue weighted by atomic mass is 10.2. The highest BCUT2D eigenvalue weighted by molar-refractivity contribution is 7.92. The van der Waals surface area contributed by atoms with Crippen LogP contribution in [-0.2, 0) is 14.8 Å². The molecule has 0 bridgehead atoms. The minimum Gasteiger partial charge on any atom is -0.489 e. The molecule has 1 saturated heterocycles. The van der Waals surface area contributed by atoms with Crippen molar-refractivity contribution in [1.29, 1.82) is 0 Å². The van der Waals surface area contributed by atoms with Crippen LogP contribution in [0, 0.1) is 0 Å². The number of halogens is 1. The van der Waals surface area contributed by atoms with Gasteiger partial charge in [0.2, 0.25) is 0 Å². The van der Waals surface area contributed by atoms with Crippen LogP contribution in [0.4, 0.5) is 11.4 Å². The predicted octanol–water partition coefficient (Wildman–Crippen LogP) is 4.95. The summed E-state index contributed by atoms with van der Waals surface area (Å²) in [5, 5.41) is 3.27. The zero-order valence-corrected chi connectivity index (χ0v) is 19.2. The Hall–Kier alpha value is -3.07. The van der Waals surface area contributed by atoms with Crippen molar-refractivity contribution in [1.82, 2.24) is 0 Å². The SMILES string of the molecule is O=C(Nc1cc(Cl)ccc1OCC1CCCO1)c1ccc(NS(=O)(=O)c2ccccc2)cc1. The Morgan fingerprint density at radius 1 is 1.06 bits per heavy atom. The summed E-state index contributed by atoms with van der Waals surface area (Å²) < 4.78 is 38.9. The molecular weight excluding hydrogens is 464 g/mol. The fourth-order valence-electron chi connectivity index (χ4n) is 3.38. The van der Waals surface area contributed by atoms with Crippen molar-refractivity contribution >= 4 is 38.9 Å². The van der Waals surface area contributed by atoms with E-state index in [4.69, 9.17) is 21.1 Å². The molecular formula is C24H23ClN2O5S. The zero-order valence-electron chi connectivity index (χ0n) is 17.7. The molecule has 3 aromatic rings. The van der Waals surface area contributed by atoms with E-state index in [1.54, 1.807) is 36.4 Å². The van der Waals surface area contributed by atoms with Crippen LogP contribution in [0.15, 0.2) is 77.7 Å². The van der Waals surface area contributed by atoms with Crippen molar-refractivity contribution in [2.24, 2.45) is 0 Å². The van der Waals surface area contributed by atoms with Gasteiger partial charge >= 0.3 is 0 Å². The van der Waals surface area contributed by atoms with E-state index in [0.29, 0.717) is 34.3 Å². The van der Waals surface area contributed by atoms with Crippen LogP contribution in [-0.4, -0.2) is 33.6 Å². The highest BCUT2D eigenvalue weighted by Gasteiger charge is 2.18. The maximum absolute atomic E-state index is 12.8. The Morgan fingerprint density at radius 3 is 2.52 bits per heavy atom. The summed E-state index contributed by atoms with van der Waals surface area (Å²) in [5.74, 6) is 0.118. The van der Waals surface area contributed by atoms with Gasteiger partial charge in [-0.15, -0.1) is 0 Å². The Bertz CT molecular complexity index is 1210. The van der Waals surface area contributed by atoms with Gasteiger partial charge in [0, 0.05) is 22.9 Å². The van der Waals surface area contributed by atoms with Crippen LogP contribution >= 0.6 is 11.6 Å². The largest absolute Gasteiger partial charge is 0.489 e. The monoisotopic (exact) mass is 486 g/mol. The Kier molecular flexibility index (Phi) is 7.17. The summed E-state index contributed by atoms with van der Waals surface area (Å²) in [7, 11) is -3.71. The first-order valence-corrected chi connectivity index (χ1v) is 12.3. The average Bonchev–Trinajstić information content (AvgIpc) is 3.33. The lowest BCUT2D eigenvalue weighted by molar-refractivity contribution is 0.0682. The highest BCUT2D eigenvalue weighted by atomic mass is 35.5. The third kappa shape index (κ3) is 6.04. The third-order valence-electron chi connectivity index (χ3n) is 5.09. The number of benzene rings is 3. The summed E-state index contributed by atoms with van der Waals surface area (Å²) in [6.45, 7) is 1.12. The zero-order chi connectivity index (χ0) is 23.3. The molecule has 1 heterocycles. The molecule has 0 radical (unpaired) electrons. The lowest BCUT2D eigenvalue weighted by Gasteiger charge is -2.16. The molecule has 1 aliphatic heterocycles. The molecule has 1 aliphatic rings. The van der Waals surface area contributed by atoms with Gasteiger partial charge in [-0.3, -0.25) is 9.52 Å². The van der Waals surface area contributed by atoms with Crippen LogP contribution in [0.5, 0.6) is 5.75 Å². The van der Waals surface area contributed by atoms with Crippen molar-refractivity contribution in [2.45, 2.75) is 23.8 Å². The summed E-state index contributed by atoms with van der Waals surface area (Å²) in [6.07, 6.45) is 1.99. The molecule has 1 fully saturated rings. The second kappa shape index (κ2) is 10.2. The molecule has 0 aliphatic carbocycles. The summed E-state index contributed by atoms with van der Waals surface area (Å²) in [4.78, 5) is 12.9. The van der Waals surface area contributed by atoms with E-state index in [-0.39, 0.29) is 16.9 Å². The number of rotatable bonds is 8. The van der Waals surface area contributed by atoms with Gasteiger partial charge in [0.1, 0.15) is 12.4 Å². The van der Waals surface area contributed by atoms with Gasteiger partial charge in [-0.2, -0.15) is 0 Å². The smallest absolute Gasteiger partial charge is 0.261 e. The van der Waals surface area contributed by atoms with Crippen molar-refractivity contribution in [3.05, 3.63) is 83.4 Å². The van der Waals surface area contributed by atoms with Gasteiger partial charge < -0.3 is 14.8 Å². The van der Waals surface area contributed by atoms with E-state index in [1.165, 1.54) is 36.4 Å². The van der Waals surface area contributed by atoms with Crippen molar-refractivity contribution in [2.75, 3.05) is 23.3 Å². The highest BCUT2D eigenvalue weighted by Crippen LogP contribution is 2.29. The maximum Gasteiger partial charge on any atom is 0.261 e. The third-order valence-corrected chi connectivity index (χ3v) is 6.72. The van der Waals surface area contributed by atoms with Crippen LogP contribution in [0.1, 0.15) is 23.2 Å². The molecule has 0 saturated carbocycles. The summed E-state index contributed by atoms with van der Waals surface area (Å²) >= 11 is 6.11. The molecule has 9 heteroatoms. The number of carbonyl (C=O) groups excluding carboxylic acids is 1. The predicted molar refractivity (Wildman–Crippen MR) is 128 cm³/mol. The quantitative estimate of drug-likeness (QED) is 0.469. The second-order valence-corrected chi connectivity index (χ2v) is 9.66. The molecule has 33 heavy (non-hydrogen) atoms. The van der Waals surface area contributed by atoms with Crippen LogP contribution in [0.25, 0.3) is 0 Å². The normalized spacial score (nSPS) is 15.7. The van der Waals surface area contributed by atoms with E-state index in [2.05, 4.69) is 10.0 Å². The Morgan fingerprint density at radius 2 is 1.82 bits per heavy atom. The molecule has 0 spiro atoms.